The summed E-state index contributed by atoms with van der Waals surface area (Å²) < 4.78 is 73.9. The fourth-order valence-corrected chi connectivity index (χ4v) is 8.48. The average Bonchev–Trinajstić information content (AvgIpc) is 3.66. The van der Waals surface area contributed by atoms with Gasteiger partial charge in [0.1, 0.15) is 16.3 Å². The topological polar surface area (TPSA) is 118 Å². The fraction of sp³-hybridized carbons (Fsp3) is 0.481. The first-order valence-corrected chi connectivity index (χ1v) is 16.1. The van der Waals surface area contributed by atoms with Crippen LogP contribution in [-0.2, 0) is 33.7 Å². The summed E-state index contributed by atoms with van der Waals surface area (Å²) in [4.78, 5) is 29.6. The monoisotopic (exact) mass is 620 g/mol. The Bertz CT molecular complexity index is 1700. The summed E-state index contributed by atoms with van der Waals surface area (Å²) in [5.41, 5.74) is 1.43. The second-order valence-electron chi connectivity index (χ2n) is 11.2. The van der Waals surface area contributed by atoms with E-state index in [-0.39, 0.29) is 52.2 Å². The predicted octanol–water partition coefficient (Wildman–Crippen LogP) is 3.86. The number of thiophene rings is 1. The Balaban J connectivity index is 1.30. The smallest absolute Gasteiger partial charge is 0.377 e. The minimum atomic E-state index is -4.82. The number of hydrogen-bond acceptors (Lipinski definition) is 10. The van der Waals surface area contributed by atoms with Crippen LogP contribution in [0.3, 0.4) is 0 Å². The predicted molar refractivity (Wildman–Crippen MR) is 148 cm³/mol. The largest absolute Gasteiger partial charge is 0.420 e. The van der Waals surface area contributed by atoms with Gasteiger partial charge in [0, 0.05) is 37.9 Å². The summed E-state index contributed by atoms with van der Waals surface area (Å²) in [5, 5.41) is 3.06. The minimum Gasteiger partial charge on any atom is -0.377 e. The number of aromatic nitrogens is 3. The molecule has 15 heteroatoms. The molecule has 0 bridgehead atoms. The van der Waals surface area contributed by atoms with Crippen molar-refractivity contribution in [3.63, 3.8) is 0 Å². The molecule has 3 aromatic rings. The molecule has 6 heterocycles. The molecule has 0 atom stereocenters. The van der Waals surface area contributed by atoms with Gasteiger partial charge in [0.2, 0.25) is 5.95 Å². The quantitative estimate of drug-likeness (QED) is 0.454. The maximum absolute atomic E-state index is 14.2. The van der Waals surface area contributed by atoms with Crippen LogP contribution in [0, 0.1) is 0 Å². The molecule has 4 aliphatic rings. The van der Waals surface area contributed by atoms with E-state index in [0.717, 1.165) is 55.2 Å². The average molecular weight is 621 g/mol. The summed E-state index contributed by atoms with van der Waals surface area (Å²) in [6, 6.07) is 2.99. The maximum atomic E-state index is 14.2. The SMILES string of the molecule is CN1CCc2nc(Nc3ncc(C(F)(F)F)c(-c4cc5c(s4)C(=O)N(C4COC4)CCS5(=O)=O)n3)c(C3CC3)cc2C1. The number of nitrogens with one attached hydrogen (secondary N) is 1. The Morgan fingerprint density at radius 2 is 1.93 bits per heavy atom. The molecule has 1 N–H and O–H groups in total. The highest BCUT2D eigenvalue weighted by Gasteiger charge is 2.41. The van der Waals surface area contributed by atoms with Gasteiger partial charge in [0.05, 0.1) is 40.5 Å². The van der Waals surface area contributed by atoms with E-state index < -0.39 is 33.2 Å². The molecule has 0 unspecified atom stereocenters. The molecule has 3 aliphatic heterocycles. The second kappa shape index (κ2) is 9.96. The Labute approximate surface area is 243 Å². The van der Waals surface area contributed by atoms with Crippen LogP contribution in [0.1, 0.15) is 50.8 Å². The lowest BCUT2D eigenvalue weighted by Gasteiger charge is -2.36. The van der Waals surface area contributed by atoms with Gasteiger partial charge >= 0.3 is 6.18 Å². The number of ether oxygens (including phenoxy) is 1. The van der Waals surface area contributed by atoms with Crippen molar-refractivity contribution in [1.29, 1.82) is 0 Å². The summed E-state index contributed by atoms with van der Waals surface area (Å²) in [5.74, 6) is -0.129. The molecule has 7 rings (SSSR count). The van der Waals surface area contributed by atoms with E-state index in [2.05, 4.69) is 26.3 Å². The number of pyridine rings is 1. The van der Waals surface area contributed by atoms with Gasteiger partial charge in [-0.2, -0.15) is 13.2 Å². The number of carbonyl (C=O) groups is 1. The van der Waals surface area contributed by atoms with Gasteiger partial charge in [-0.1, -0.05) is 0 Å². The normalized spacial score (nSPS) is 21.0. The molecule has 1 saturated heterocycles. The molecule has 222 valence electrons. The molecule has 1 saturated carbocycles. The zero-order valence-electron chi connectivity index (χ0n) is 22.6. The summed E-state index contributed by atoms with van der Waals surface area (Å²) >= 11 is 0.701. The molecule has 1 aliphatic carbocycles. The Hall–Kier alpha value is -3.14. The minimum absolute atomic E-state index is 0.00526. The van der Waals surface area contributed by atoms with Crippen molar-refractivity contribution in [2.75, 3.05) is 44.4 Å². The van der Waals surface area contributed by atoms with Crippen LogP contribution in [-0.4, -0.2) is 84.2 Å². The molecule has 0 radical (unpaired) electrons. The van der Waals surface area contributed by atoms with E-state index in [1.807, 2.05) is 7.05 Å². The molecule has 0 aromatic carbocycles. The highest BCUT2D eigenvalue weighted by atomic mass is 32.2. The third-order valence-electron chi connectivity index (χ3n) is 8.12. The number of alkyl halides is 3. The molecule has 1 amide bonds. The number of carbonyl (C=O) groups excluding carboxylic acids is 1. The zero-order valence-corrected chi connectivity index (χ0v) is 24.2. The second-order valence-corrected chi connectivity index (χ2v) is 14.3. The lowest BCUT2D eigenvalue weighted by atomic mass is 10.0. The van der Waals surface area contributed by atoms with Crippen molar-refractivity contribution in [1.82, 2.24) is 24.8 Å². The van der Waals surface area contributed by atoms with Crippen molar-refractivity contribution in [3.05, 3.63) is 45.6 Å². The van der Waals surface area contributed by atoms with Gasteiger partial charge in [-0.05, 0) is 49.1 Å². The first-order valence-electron chi connectivity index (χ1n) is 13.7. The number of amides is 1. The van der Waals surface area contributed by atoms with Crippen molar-refractivity contribution < 1.29 is 31.1 Å². The van der Waals surface area contributed by atoms with Crippen molar-refractivity contribution >= 4 is 38.8 Å². The Morgan fingerprint density at radius 3 is 2.62 bits per heavy atom. The van der Waals surface area contributed by atoms with E-state index in [9.17, 15) is 26.4 Å². The van der Waals surface area contributed by atoms with Crippen LogP contribution >= 0.6 is 11.3 Å². The third-order valence-corrected chi connectivity index (χ3v) is 11.1. The number of fused-ring (bicyclic) bond motifs is 2. The number of rotatable bonds is 5. The van der Waals surface area contributed by atoms with E-state index in [4.69, 9.17) is 9.72 Å². The summed E-state index contributed by atoms with van der Waals surface area (Å²) in [6.45, 7) is 2.19. The number of sulfone groups is 1. The molecule has 0 spiro atoms. The lowest BCUT2D eigenvalue weighted by molar-refractivity contribution is -0.137. The highest BCUT2D eigenvalue weighted by molar-refractivity contribution is 7.91. The van der Waals surface area contributed by atoms with Crippen molar-refractivity contribution in [2.45, 2.75) is 48.8 Å². The number of likely N-dealkylation sites (N-methyl/N-ethyl adjacent to an activating group) is 1. The van der Waals surface area contributed by atoms with Crippen LogP contribution in [0.25, 0.3) is 10.6 Å². The molecule has 3 aromatic heterocycles. The van der Waals surface area contributed by atoms with Crippen molar-refractivity contribution in [3.8, 4) is 10.6 Å². The van der Waals surface area contributed by atoms with Gasteiger partial charge < -0.3 is 19.9 Å². The number of nitrogens with zero attached hydrogens (tertiary/aromatic N) is 5. The standard InChI is InChI=1S/C27H27F3N6O4S2/c1-35-5-4-19-15(11-35)8-17(14-2-3-14)24(32-19)34-26-31-10-18(27(28,29)30)22(33-26)20-9-21-23(41-20)25(37)36(16-12-40-13-16)6-7-42(21,38)39/h8-10,14,16H,2-7,11-13H2,1H3,(H,31,32,33,34). The van der Waals surface area contributed by atoms with Gasteiger partial charge in [-0.15, -0.1) is 11.3 Å². The van der Waals surface area contributed by atoms with E-state index in [0.29, 0.717) is 29.3 Å². The lowest BCUT2D eigenvalue weighted by Crippen LogP contribution is -2.52. The molecule has 10 nitrogen and oxygen atoms in total. The van der Waals surface area contributed by atoms with Gasteiger partial charge in [-0.25, -0.2) is 23.4 Å². The zero-order chi connectivity index (χ0) is 29.4. The Kier molecular flexibility index (Phi) is 6.56. The summed E-state index contributed by atoms with van der Waals surface area (Å²) in [7, 11) is -1.88. The first kappa shape index (κ1) is 27.7. The van der Waals surface area contributed by atoms with E-state index in [1.165, 1.54) is 4.90 Å². The van der Waals surface area contributed by atoms with E-state index >= 15 is 0 Å². The van der Waals surface area contributed by atoms with Crippen LogP contribution < -0.4 is 5.32 Å². The number of halogens is 3. The Morgan fingerprint density at radius 1 is 1.14 bits per heavy atom. The molecule has 42 heavy (non-hydrogen) atoms. The molecular weight excluding hydrogens is 593 g/mol. The molecule has 2 fully saturated rings. The molecular formula is C27H27F3N6O4S2. The van der Waals surface area contributed by atoms with Gasteiger partial charge in [0.15, 0.2) is 9.84 Å². The third kappa shape index (κ3) is 4.95. The first-order chi connectivity index (χ1) is 20.0. The van der Waals surface area contributed by atoms with Gasteiger partial charge in [0.25, 0.3) is 5.91 Å². The van der Waals surface area contributed by atoms with Crippen LogP contribution in [0.15, 0.2) is 23.2 Å². The van der Waals surface area contributed by atoms with Crippen LogP contribution in [0.4, 0.5) is 24.9 Å². The van der Waals surface area contributed by atoms with Crippen molar-refractivity contribution in [2.24, 2.45) is 0 Å². The fourth-order valence-electron chi connectivity index (χ4n) is 5.56. The van der Waals surface area contributed by atoms with Crippen LogP contribution in [0.5, 0.6) is 0 Å². The van der Waals surface area contributed by atoms with Gasteiger partial charge in [-0.3, -0.25) is 4.79 Å². The highest BCUT2D eigenvalue weighted by Crippen LogP contribution is 2.45. The maximum Gasteiger partial charge on any atom is 0.420 e. The number of hydrogen-bond donors (Lipinski definition) is 1. The number of anilines is 2. The van der Waals surface area contributed by atoms with E-state index in [1.54, 1.807) is 0 Å². The van der Waals surface area contributed by atoms with Crippen LogP contribution in [0.2, 0.25) is 0 Å². The summed E-state index contributed by atoms with van der Waals surface area (Å²) in [6.07, 6.45) is -1.39.